The van der Waals surface area contributed by atoms with Gasteiger partial charge in [0.2, 0.25) is 0 Å². The maximum absolute atomic E-state index is 12.3. The monoisotopic (exact) mass is 270 g/mol. The van der Waals surface area contributed by atoms with Crippen LogP contribution in [0, 0.1) is 0 Å². The molecule has 1 aliphatic carbocycles. The smallest absolute Gasteiger partial charge is 0.257 e. The zero-order chi connectivity index (χ0) is 14.4. The first-order chi connectivity index (χ1) is 9.50. The van der Waals surface area contributed by atoms with E-state index in [0.29, 0.717) is 11.1 Å². The zero-order valence-corrected chi connectivity index (χ0v) is 11.8. The molecule has 1 heterocycles. The molecule has 2 amide bonds. The summed E-state index contributed by atoms with van der Waals surface area (Å²) >= 11 is 0. The average Bonchev–Trinajstić information content (AvgIpc) is 2.62. The van der Waals surface area contributed by atoms with E-state index in [0.717, 1.165) is 36.1 Å². The lowest BCUT2D eigenvalue weighted by Gasteiger charge is -2.32. The molecule has 1 aliphatic heterocycles. The first-order valence-electron chi connectivity index (χ1n) is 6.94. The molecule has 3 rings (SSSR count). The summed E-state index contributed by atoms with van der Waals surface area (Å²) in [5, 5.41) is 0. The van der Waals surface area contributed by atoms with E-state index in [9.17, 15) is 9.59 Å². The maximum Gasteiger partial charge on any atom is 0.257 e. The highest BCUT2D eigenvalue weighted by Gasteiger charge is 2.40. The summed E-state index contributed by atoms with van der Waals surface area (Å²) in [5.41, 5.74) is 9.91. The fraction of sp³-hybridized carbons (Fsp3) is 0.375. The first kappa shape index (κ1) is 12.9. The summed E-state index contributed by atoms with van der Waals surface area (Å²) in [5.74, 6) is -0.302. The standard InChI is InChI=1S/C16H18N2O2/c1-9-10(2)16(20)18(15(9)19)14-5-3-4-11-8-12(17)6-7-13(11)14/h6-8,14H,3-5,17H2,1-2H3. The molecule has 1 aromatic rings. The van der Waals surface area contributed by atoms with Gasteiger partial charge in [-0.15, -0.1) is 0 Å². The number of imide groups is 1. The van der Waals surface area contributed by atoms with Gasteiger partial charge >= 0.3 is 0 Å². The SMILES string of the molecule is CC1=C(C)C(=O)N(C2CCCc3cc(N)ccc32)C1=O. The number of nitrogens with zero attached hydrogens (tertiary/aromatic N) is 1. The van der Waals surface area contributed by atoms with Crippen LogP contribution < -0.4 is 5.73 Å². The molecular formula is C16H18N2O2. The number of anilines is 1. The van der Waals surface area contributed by atoms with E-state index in [4.69, 9.17) is 5.73 Å². The van der Waals surface area contributed by atoms with E-state index in [2.05, 4.69) is 0 Å². The van der Waals surface area contributed by atoms with Crippen LogP contribution in [0.3, 0.4) is 0 Å². The Morgan fingerprint density at radius 3 is 2.45 bits per heavy atom. The molecule has 1 unspecified atom stereocenters. The number of carbonyl (C=O) groups excluding carboxylic acids is 2. The molecule has 0 fully saturated rings. The van der Waals surface area contributed by atoms with Gasteiger partial charge in [0, 0.05) is 16.8 Å². The number of hydrogen-bond donors (Lipinski definition) is 1. The van der Waals surface area contributed by atoms with Crippen LogP contribution in [0.4, 0.5) is 5.69 Å². The second kappa shape index (κ2) is 4.47. The van der Waals surface area contributed by atoms with Gasteiger partial charge in [0.1, 0.15) is 0 Å². The Kier molecular flexibility index (Phi) is 2.89. The van der Waals surface area contributed by atoms with Crippen molar-refractivity contribution in [2.45, 2.75) is 39.2 Å². The second-order valence-electron chi connectivity index (χ2n) is 5.60. The number of carbonyl (C=O) groups is 2. The Labute approximate surface area is 118 Å². The molecule has 1 atom stereocenters. The predicted octanol–water partition coefficient (Wildman–Crippen LogP) is 2.35. The number of rotatable bonds is 1. The number of aryl methyl sites for hydroxylation is 1. The summed E-state index contributed by atoms with van der Waals surface area (Å²) in [4.78, 5) is 26.1. The summed E-state index contributed by atoms with van der Waals surface area (Å²) in [6.45, 7) is 3.45. The van der Waals surface area contributed by atoms with Gasteiger partial charge in [0.05, 0.1) is 6.04 Å². The van der Waals surface area contributed by atoms with Crippen molar-refractivity contribution >= 4 is 17.5 Å². The Bertz CT molecular complexity index is 622. The van der Waals surface area contributed by atoms with E-state index in [1.807, 2.05) is 18.2 Å². The average molecular weight is 270 g/mol. The molecule has 0 saturated heterocycles. The van der Waals surface area contributed by atoms with Gasteiger partial charge in [-0.1, -0.05) is 6.07 Å². The fourth-order valence-corrected chi connectivity index (χ4v) is 3.13. The molecule has 4 heteroatoms. The number of hydrogen-bond acceptors (Lipinski definition) is 3. The molecule has 1 aromatic carbocycles. The molecule has 0 aromatic heterocycles. The molecule has 2 N–H and O–H groups in total. The zero-order valence-electron chi connectivity index (χ0n) is 11.8. The lowest BCUT2D eigenvalue weighted by atomic mass is 9.86. The van der Waals surface area contributed by atoms with E-state index >= 15 is 0 Å². The van der Waals surface area contributed by atoms with E-state index in [-0.39, 0.29) is 17.9 Å². The van der Waals surface area contributed by atoms with Crippen molar-refractivity contribution in [3.63, 3.8) is 0 Å². The normalized spacial score (nSPS) is 22.5. The van der Waals surface area contributed by atoms with Gasteiger partial charge in [-0.2, -0.15) is 0 Å². The minimum atomic E-state index is -0.151. The van der Waals surface area contributed by atoms with Gasteiger partial charge in [-0.25, -0.2) is 0 Å². The Morgan fingerprint density at radius 2 is 1.80 bits per heavy atom. The van der Waals surface area contributed by atoms with Crippen LogP contribution >= 0.6 is 0 Å². The van der Waals surface area contributed by atoms with E-state index < -0.39 is 0 Å². The fourth-order valence-electron chi connectivity index (χ4n) is 3.13. The van der Waals surface area contributed by atoms with Crippen LogP contribution in [0.2, 0.25) is 0 Å². The maximum atomic E-state index is 12.3. The van der Waals surface area contributed by atoms with Gasteiger partial charge in [0.25, 0.3) is 11.8 Å². The van der Waals surface area contributed by atoms with Crippen molar-refractivity contribution in [2.75, 3.05) is 5.73 Å². The van der Waals surface area contributed by atoms with Crippen LogP contribution in [0.5, 0.6) is 0 Å². The number of nitrogen functional groups attached to an aromatic ring is 1. The molecule has 2 aliphatic rings. The molecular weight excluding hydrogens is 252 g/mol. The molecule has 0 spiro atoms. The highest BCUT2D eigenvalue weighted by atomic mass is 16.2. The third kappa shape index (κ3) is 1.75. The summed E-state index contributed by atoms with van der Waals surface area (Å²) < 4.78 is 0. The largest absolute Gasteiger partial charge is 0.399 e. The van der Waals surface area contributed by atoms with Crippen LogP contribution in [0.15, 0.2) is 29.3 Å². The summed E-state index contributed by atoms with van der Waals surface area (Å²) in [6.07, 6.45) is 2.75. The molecule has 0 bridgehead atoms. The quantitative estimate of drug-likeness (QED) is 0.629. The van der Waals surface area contributed by atoms with Gasteiger partial charge in [-0.3, -0.25) is 14.5 Å². The van der Waals surface area contributed by atoms with Crippen molar-refractivity contribution in [1.29, 1.82) is 0 Å². The van der Waals surface area contributed by atoms with Crippen molar-refractivity contribution in [2.24, 2.45) is 0 Å². The lowest BCUT2D eigenvalue weighted by Crippen LogP contribution is -2.37. The first-order valence-corrected chi connectivity index (χ1v) is 6.94. The Hall–Kier alpha value is -2.10. The molecule has 20 heavy (non-hydrogen) atoms. The highest BCUT2D eigenvalue weighted by molar-refractivity contribution is 6.19. The van der Waals surface area contributed by atoms with Crippen molar-refractivity contribution in [1.82, 2.24) is 4.90 Å². The third-order valence-electron chi connectivity index (χ3n) is 4.40. The Balaban J connectivity index is 2.03. The lowest BCUT2D eigenvalue weighted by molar-refractivity contribution is -0.140. The van der Waals surface area contributed by atoms with Crippen LogP contribution in [0.25, 0.3) is 0 Å². The van der Waals surface area contributed by atoms with Crippen LogP contribution in [0.1, 0.15) is 43.9 Å². The van der Waals surface area contributed by atoms with Crippen LogP contribution in [-0.4, -0.2) is 16.7 Å². The van der Waals surface area contributed by atoms with Gasteiger partial charge in [0.15, 0.2) is 0 Å². The Morgan fingerprint density at radius 1 is 1.15 bits per heavy atom. The van der Waals surface area contributed by atoms with Gasteiger partial charge < -0.3 is 5.73 Å². The number of nitrogens with two attached hydrogens (primary N) is 1. The molecule has 104 valence electrons. The number of benzene rings is 1. The summed E-state index contributed by atoms with van der Waals surface area (Å²) in [7, 11) is 0. The third-order valence-corrected chi connectivity index (χ3v) is 4.40. The number of fused-ring (bicyclic) bond motifs is 1. The van der Waals surface area contributed by atoms with Crippen LogP contribution in [-0.2, 0) is 16.0 Å². The van der Waals surface area contributed by atoms with E-state index in [1.165, 1.54) is 4.90 Å². The molecule has 4 nitrogen and oxygen atoms in total. The highest BCUT2D eigenvalue weighted by Crippen LogP contribution is 2.38. The van der Waals surface area contributed by atoms with Crippen molar-refractivity contribution < 1.29 is 9.59 Å². The van der Waals surface area contributed by atoms with E-state index in [1.54, 1.807) is 13.8 Å². The van der Waals surface area contributed by atoms with Crippen molar-refractivity contribution in [3.8, 4) is 0 Å². The molecule has 0 radical (unpaired) electrons. The molecule has 0 saturated carbocycles. The minimum Gasteiger partial charge on any atom is -0.399 e. The topological polar surface area (TPSA) is 63.4 Å². The van der Waals surface area contributed by atoms with Crippen molar-refractivity contribution in [3.05, 3.63) is 40.5 Å². The second-order valence-corrected chi connectivity index (χ2v) is 5.60. The number of amides is 2. The predicted molar refractivity (Wildman–Crippen MR) is 76.8 cm³/mol. The minimum absolute atomic E-state index is 0.147. The van der Waals surface area contributed by atoms with Gasteiger partial charge in [-0.05, 0) is 56.4 Å². The summed E-state index contributed by atoms with van der Waals surface area (Å²) in [6, 6.07) is 5.61.